The Bertz CT molecular complexity index is 506. The Kier molecular flexibility index (Phi) is 4.42. The van der Waals surface area contributed by atoms with Gasteiger partial charge in [-0.2, -0.15) is 0 Å². The summed E-state index contributed by atoms with van der Waals surface area (Å²) in [5.41, 5.74) is 0.826. The second-order valence-corrected chi connectivity index (χ2v) is 6.03. The lowest BCUT2D eigenvalue weighted by Crippen LogP contribution is -2.44. The molecule has 2 atom stereocenters. The highest BCUT2D eigenvalue weighted by atomic mass is 32.1. The molecule has 0 spiro atoms. The first kappa shape index (κ1) is 14.3. The Balaban J connectivity index is 2.02. The van der Waals surface area contributed by atoms with Crippen molar-refractivity contribution in [2.24, 2.45) is 5.92 Å². The Labute approximate surface area is 116 Å². The molecule has 2 heterocycles. The van der Waals surface area contributed by atoms with Gasteiger partial charge in [0.15, 0.2) is 0 Å². The fraction of sp³-hybridized carbons (Fsp3) is 0.692. The summed E-state index contributed by atoms with van der Waals surface area (Å²) in [4.78, 5) is 25.5. The van der Waals surface area contributed by atoms with Crippen LogP contribution in [0.15, 0.2) is 10.2 Å². The number of aryl methyl sites for hydroxylation is 1. The SMILES string of the molecule is Cc1csc(=O)n1CC(=O)N1CCCC(C(C)O)C1. The molecule has 1 saturated heterocycles. The molecule has 19 heavy (non-hydrogen) atoms. The number of amides is 1. The molecule has 1 fully saturated rings. The third kappa shape index (κ3) is 3.25. The minimum atomic E-state index is -0.388. The quantitative estimate of drug-likeness (QED) is 0.894. The van der Waals surface area contributed by atoms with Crippen LogP contribution in [0.2, 0.25) is 0 Å². The van der Waals surface area contributed by atoms with Gasteiger partial charge in [-0.05, 0) is 26.7 Å². The van der Waals surface area contributed by atoms with Crippen molar-refractivity contribution < 1.29 is 9.90 Å². The van der Waals surface area contributed by atoms with Crippen molar-refractivity contribution in [3.8, 4) is 0 Å². The third-order valence-corrected chi connectivity index (χ3v) is 4.64. The zero-order chi connectivity index (χ0) is 14.0. The maximum atomic E-state index is 12.2. The zero-order valence-corrected chi connectivity index (χ0v) is 12.2. The fourth-order valence-corrected chi connectivity index (χ4v) is 3.20. The summed E-state index contributed by atoms with van der Waals surface area (Å²) in [7, 11) is 0. The summed E-state index contributed by atoms with van der Waals surface area (Å²) in [6.07, 6.45) is 1.48. The van der Waals surface area contributed by atoms with Crippen molar-refractivity contribution >= 4 is 17.2 Å². The lowest BCUT2D eigenvalue weighted by atomic mass is 9.93. The maximum Gasteiger partial charge on any atom is 0.307 e. The van der Waals surface area contributed by atoms with Crippen molar-refractivity contribution in [2.75, 3.05) is 13.1 Å². The van der Waals surface area contributed by atoms with Crippen molar-refractivity contribution in [1.29, 1.82) is 0 Å². The number of aliphatic hydroxyl groups excluding tert-OH is 1. The first-order chi connectivity index (χ1) is 8.99. The van der Waals surface area contributed by atoms with Gasteiger partial charge in [-0.1, -0.05) is 11.3 Å². The summed E-state index contributed by atoms with van der Waals surface area (Å²) in [5.74, 6) is 0.118. The molecule has 0 radical (unpaired) electrons. The number of hydrogen-bond acceptors (Lipinski definition) is 4. The topological polar surface area (TPSA) is 62.5 Å². The van der Waals surface area contributed by atoms with Crippen molar-refractivity contribution in [3.05, 3.63) is 20.7 Å². The summed E-state index contributed by atoms with van der Waals surface area (Å²) >= 11 is 1.12. The molecule has 0 aliphatic carbocycles. The summed E-state index contributed by atoms with van der Waals surface area (Å²) in [5, 5.41) is 11.4. The monoisotopic (exact) mass is 284 g/mol. The normalized spacial score (nSPS) is 21.4. The van der Waals surface area contributed by atoms with Gasteiger partial charge in [-0.25, -0.2) is 0 Å². The fourth-order valence-electron chi connectivity index (χ4n) is 2.46. The highest BCUT2D eigenvalue weighted by Gasteiger charge is 2.26. The maximum absolute atomic E-state index is 12.2. The molecule has 1 N–H and O–H groups in total. The van der Waals surface area contributed by atoms with Crippen LogP contribution in [-0.2, 0) is 11.3 Å². The number of rotatable bonds is 3. The molecule has 106 valence electrons. The van der Waals surface area contributed by atoms with E-state index in [9.17, 15) is 14.7 Å². The number of carbonyl (C=O) groups excluding carboxylic acids is 1. The van der Waals surface area contributed by atoms with Gasteiger partial charge < -0.3 is 10.0 Å². The van der Waals surface area contributed by atoms with Gasteiger partial charge in [-0.15, -0.1) is 0 Å². The first-order valence-corrected chi connectivity index (χ1v) is 7.47. The summed E-state index contributed by atoms with van der Waals surface area (Å²) in [6, 6.07) is 0. The molecular weight excluding hydrogens is 264 g/mol. The van der Waals surface area contributed by atoms with Gasteiger partial charge in [0.25, 0.3) is 0 Å². The lowest BCUT2D eigenvalue weighted by Gasteiger charge is -2.34. The van der Waals surface area contributed by atoms with Crippen LogP contribution in [-0.4, -0.2) is 39.7 Å². The Morgan fingerprint density at radius 2 is 2.37 bits per heavy atom. The highest BCUT2D eigenvalue weighted by Crippen LogP contribution is 2.20. The second-order valence-electron chi connectivity index (χ2n) is 5.21. The standard InChI is InChI=1S/C13H20N2O3S/c1-9-8-19-13(18)15(9)7-12(17)14-5-3-4-11(6-14)10(2)16/h8,10-11,16H,3-7H2,1-2H3. The number of nitrogens with zero attached hydrogens (tertiary/aromatic N) is 2. The van der Waals surface area contributed by atoms with E-state index in [2.05, 4.69) is 0 Å². The van der Waals surface area contributed by atoms with Crippen LogP contribution >= 0.6 is 11.3 Å². The lowest BCUT2D eigenvalue weighted by molar-refractivity contribution is -0.134. The van der Waals surface area contributed by atoms with Crippen LogP contribution in [0.5, 0.6) is 0 Å². The van der Waals surface area contributed by atoms with E-state index in [-0.39, 0.29) is 29.3 Å². The minimum absolute atomic E-state index is 0.0334. The number of piperidine rings is 1. The molecule has 1 aromatic rings. The predicted octanol–water partition coefficient (Wildman–Crippen LogP) is 0.838. The smallest absolute Gasteiger partial charge is 0.307 e. The van der Waals surface area contributed by atoms with Gasteiger partial charge in [0.05, 0.1) is 6.10 Å². The van der Waals surface area contributed by atoms with E-state index in [0.717, 1.165) is 36.4 Å². The van der Waals surface area contributed by atoms with Crippen molar-refractivity contribution in [2.45, 2.75) is 39.3 Å². The van der Waals surface area contributed by atoms with E-state index in [1.54, 1.807) is 17.2 Å². The first-order valence-electron chi connectivity index (χ1n) is 6.60. The molecule has 1 aromatic heterocycles. The molecular formula is C13H20N2O3S. The van der Waals surface area contributed by atoms with Crippen LogP contribution < -0.4 is 4.87 Å². The van der Waals surface area contributed by atoms with Gasteiger partial charge in [0.1, 0.15) is 6.54 Å². The predicted molar refractivity (Wildman–Crippen MR) is 74.3 cm³/mol. The Morgan fingerprint density at radius 3 is 2.95 bits per heavy atom. The largest absolute Gasteiger partial charge is 0.393 e. The molecule has 0 bridgehead atoms. The molecule has 0 aromatic carbocycles. The van der Waals surface area contributed by atoms with Crippen LogP contribution in [0, 0.1) is 12.8 Å². The van der Waals surface area contributed by atoms with Crippen LogP contribution in [0.3, 0.4) is 0 Å². The number of hydrogen-bond donors (Lipinski definition) is 1. The van der Waals surface area contributed by atoms with E-state index < -0.39 is 0 Å². The van der Waals surface area contributed by atoms with E-state index in [1.807, 2.05) is 6.92 Å². The minimum Gasteiger partial charge on any atom is -0.393 e. The van der Waals surface area contributed by atoms with E-state index in [1.165, 1.54) is 4.57 Å². The number of aliphatic hydroxyl groups is 1. The Morgan fingerprint density at radius 1 is 1.63 bits per heavy atom. The van der Waals surface area contributed by atoms with Gasteiger partial charge in [-0.3, -0.25) is 14.2 Å². The molecule has 1 amide bonds. The van der Waals surface area contributed by atoms with E-state index in [0.29, 0.717) is 6.54 Å². The zero-order valence-electron chi connectivity index (χ0n) is 11.3. The Hall–Kier alpha value is -1.14. The van der Waals surface area contributed by atoms with E-state index in [4.69, 9.17) is 0 Å². The molecule has 2 rings (SSSR count). The molecule has 0 saturated carbocycles. The van der Waals surface area contributed by atoms with Gasteiger partial charge >= 0.3 is 4.87 Å². The number of aromatic nitrogens is 1. The molecule has 5 nitrogen and oxygen atoms in total. The van der Waals surface area contributed by atoms with Crippen molar-refractivity contribution in [3.63, 3.8) is 0 Å². The number of likely N-dealkylation sites (tertiary alicyclic amines) is 1. The van der Waals surface area contributed by atoms with E-state index >= 15 is 0 Å². The molecule has 2 unspecified atom stereocenters. The average molecular weight is 284 g/mol. The number of thiazole rings is 1. The second kappa shape index (κ2) is 5.88. The van der Waals surface area contributed by atoms with Gasteiger partial charge in [0, 0.05) is 30.1 Å². The third-order valence-electron chi connectivity index (χ3n) is 3.76. The van der Waals surface area contributed by atoms with Crippen LogP contribution in [0.4, 0.5) is 0 Å². The van der Waals surface area contributed by atoms with Crippen LogP contribution in [0.25, 0.3) is 0 Å². The van der Waals surface area contributed by atoms with Crippen molar-refractivity contribution in [1.82, 2.24) is 9.47 Å². The number of carbonyl (C=O) groups is 1. The van der Waals surface area contributed by atoms with Gasteiger partial charge in [0.2, 0.25) is 5.91 Å². The van der Waals surface area contributed by atoms with Crippen LogP contribution in [0.1, 0.15) is 25.5 Å². The summed E-state index contributed by atoms with van der Waals surface area (Å²) < 4.78 is 1.51. The molecule has 1 aliphatic heterocycles. The highest BCUT2D eigenvalue weighted by molar-refractivity contribution is 7.07. The molecule has 6 heteroatoms. The average Bonchev–Trinajstić information content (AvgIpc) is 2.70. The summed E-state index contributed by atoms with van der Waals surface area (Å²) in [6.45, 7) is 5.03. The molecule has 1 aliphatic rings.